The van der Waals surface area contributed by atoms with Crippen LogP contribution >= 0.6 is 11.3 Å². The van der Waals surface area contributed by atoms with Crippen LogP contribution < -0.4 is 5.32 Å². The van der Waals surface area contributed by atoms with Gasteiger partial charge in [-0.3, -0.25) is 4.79 Å². The highest BCUT2D eigenvalue weighted by molar-refractivity contribution is 7.11. The van der Waals surface area contributed by atoms with E-state index in [1.165, 1.54) is 4.88 Å². The van der Waals surface area contributed by atoms with E-state index in [-0.39, 0.29) is 12.5 Å². The minimum Gasteiger partial charge on any atom is -0.481 e. The highest BCUT2D eigenvalue weighted by Gasteiger charge is 2.07. The van der Waals surface area contributed by atoms with Gasteiger partial charge in [0.15, 0.2) is 0 Å². The molecule has 5 heteroatoms. The molecule has 0 fully saturated rings. The average Bonchev–Trinajstić information content (AvgIpc) is 2.69. The molecule has 1 heterocycles. The molecule has 0 bridgehead atoms. The fourth-order valence-corrected chi connectivity index (χ4v) is 2.36. The summed E-state index contributed by atoms with van der Waals surface area (Å²) in [5.41, 5.74) is 0. The van der Waals surface area contributed by atoms with Gasteiger partial charge < -0.3 is 10.4 Å². The Bertz CT molecular complexity index is 352. The fraction of sp³-hybridized carbons (Fsp3) is 0.667. The number of carboxylic acid groups (broad SMARTS) is 1. The largest absolute Gasteiger partial charge is 0.481 e. The van der Waals surface area contributed by atoms with E-state index in [4.69, 9.17) is 5.11 Å². The molecule has 0 amide bonds. The lowest BCUT2D eigenvalue weighted by atomic mass is 10.2. The molecule has 17 heavy (non-hydrogen) atoms. The molecule has 4 nitrogen and oxygen atoms in total. The Kier molecular flexibility index (Phi) is 6.15. The number of unbranched alkanes of at least 4 members (excludes halogenated alkanes) is 2. The maximum atomic E-state index is 10.3. The van der Waals surface area contributed by atoms with Crippen molar-refractivity contribution in [2.45, 2.75) is 45.6 Å². The van der Waals surface area contributed by atoms with Crippen LogP contribution in [0.5, 0.6) is 0 Å². The molecule has 1 atom stereocenters. The number of carbonyl (C=O) groups is 1. The first kappa shape index (κ1) is 14.1. The number of carboxylic acids is 1. The second-order valence-corrected chi connectivity index (χ2v) is 5.46. The minimum atomic E-state index is -0.704. The molecule has 1 rings (SSSR count). The Morgan fingerprint density at radius 1 is 1.53 bits per heavy atom. The van der Waals surface area contributed by atoms with Crippen LogP contribution in [0, 0.1) is 6.92 Å². The monoisotopic (exact) mass is 256 g/mol. The van der Waals surface area contributed by atoms with Crippen molar-refractivity contribution in [1.29, 1.82) is 0 Å². The molecule has 0 radical (unpaired) electrons. The molecule has 1 aromatic rings. The summed E-state index contributed by atoms with van der Waals surface area (Å²) in [4.78, 5) is 15.9. The van der Waals surface area contributed by atoms with Crippen LogP contribution in [0.15, 0.2) is 6.20 Å². The van der Waals surface area contributed by atoms with Crippen molar-refractivity contribution in [3.63, 3.8) is 0 Å². The van der Waals surface area contributed by atoms with Crippen LogP contribution in [0.1, 0.15) is 48.5 Å². The van der Waals surface area contributed by atoms with E-state index < -0.39 is 5.97 Å². The molecule has 2 N–H and O–H groups in total. The number of hydrogen-bond donors (Lipinski definition) is 2. The van der Waals surface area contributed by atoms with Crippen LogP contribution in [0.2, 0.25) is 0 Å². The van der Waals surface area contributed by atoms with Gasteiger partial charge in [-0.1, -0.05) is 6.42 Å². The fourth-order valence-electron chi connectivity index (χ4n) is 1.56. The van der Waals surface area contributed by atoms with E-state index in [9.17, 15) is 4.79 Å². The van der Waals surface area contributed by atoms with Gasteiger partial charge in [-0.05, 0) is 33.2 Å². The summed E-state index contributed by atoms with van der Waals surface area (Å²) in [5.74, 6) is -0.704. The molecule has 0 aliphatic heterocycles. The van der Waals surface area contributed by atoms with Crippen molar-refractivity contribution >= 4 is 17.3 Å². The minimum absolute atomic E-state index is 0.279. The molecular weight excluding hydrogens is 236 g/mol. The maximum absolute atomic E-state index is 10.3. The van der Waals surface area contributed by atoms with Gasteiger partial charge in [0.2, 0.25) is 0 Å². The number of nitrogens with zero attached hydrogens (tertiary/aromatic N) is 1. The third-order valence-corrected chi connectivity index (χ3v) is 3.62. The van der Waals surface area contributed by atoms with E-state index in [1.54, 1.807) is 11.3 Å². The Balaban J connectivity index is 2.08. The summed E-state index contributed by atoms with van der Waals surface area (Å²) in [5, 5.41) is 13.0. The van der Waals surface area contributed by atoms with Crippen molar-refractivity contribution < 1.29 is 9.90 Å². The zero-order chi connectivity index (χ0) is 12.7. The maximum Gasteiger partial charge on any atom is 0.303 e. The first-order valence-electron chi connectivity index (χ1n) is 5.97. The molecule has 0 aliphatic carbocycles. The van der Waals surface area contributed by atoms with Gasteiger partial charge in [-0.25, -0.2) is 4.98 Å². The van der Waals surface area contributed by atoms with E-state index in [0.717, 1.165) is 30.8 Å². The Morgan fingerprint density at radius 3 is 2.88 bits per heavy atom. The van der Waals surface area contributed by atoms with Crippen LogP contribution in [-0.4, -0.2) is 22.6 Å². The normalized spacial score (nSPS) is 12.6. The molecule has 1 unspecified atom stereocenters. The Labute approximate surface area is 106 Å². The molecule has 0 spiro atoms. The molecule has 96 valence electrons. The van der Waals surface area contributed by atoms with Gasteiger partial charge in [0.1, 0.15) is 5.01 Å². The van der Waals surface area contributed by atoms with E-state index in [0.29, 0.717) is 0 Å². The molecular formula is C12H20N2O2S. The first-order chi connectivity index (χ1) is 8.09. The van der Waals surface area contributed by atoms with Crippen molar-refractivity contribution in [3.8, 4) is 0 Å². The van der Waals surface area contributed by atoms with Gasteiger partial charge in [0, 0.05) is 17.5 Å². The molecule has 0 saturated heterocycles. The number of aliphatic carboxylic acids is 1. The zero-order valence-electron chi connectivity index (χ0n) is 10.4. The number of aryl methyl sites for hydroxylation is 1. The number of aromatic nitrogens is 1. The first-order valence-corrected chi connectivity index (χ1v) is 6.78. The molecule has 1 aromatic heterocycles. The topological polar surface area (TPSA) is 62.2 Å². The summed E-state index contributed by atoms with van der Waals surface area (Å²) in [6.45, 7) is 5.08. The Hall–Kier alpha value is -0.940. The van der Waals surface area contributed by atoms with Crippen molar-refractivity contribution in [1.82, 2.24) is 10.3 Å². The lowest BCUT2D eigenvalue weighted by Gasteiger charge is -2.10. The van der Waals surface area contributed by atoms with Gasteiger partial charge >= 0.3 is 5.97 Å². The molecule has 0 saturated carbocycles. The van der Waals surface area contributed by atoms with Gasteiger partial charge in [-0.15, -0.1) is 11.3 Å². The van der Waals surface area contributed by atoms with Crippen LogP contribution in [0.4, 0.5) is 0 Å². The highest BCUT2D eigenvalue weighted by atomic mass is 32.1. The van der Waals surface area contributed by atoms with Crippen molar-refractivity contribution in [3.05, 3.63) is 16.1 Å². The van der Waals surface area contributed by atoms with Crippen LogP contribution in [0.25, 0.3) is 0 Å². The van der Waals surface area contributed by atoms with E-state index in [2.05, 4.69) is 24.1 Å². The number of rotatable bonds is 8. The predicted molar refractivity (Wildman–Crippen MR) is 69.4 cm³/mol. The van der Waals surface area contributed by atoms with Gasteiger partial charge in [0.05, 0.1) is 6.04 Å². The number of thiazole rings is 1. The van der Waals surface area contributed by atoms with E-state index in [1.807, 2.05) is 6.20 Å². The summed E-state index contributed by atoms with van der Waals surface area (Å²) in [7, 11) is 0. The summed E-state index contributed by atoms with van der Waals surface area (Å²) >= 11 is 1.72. The van der Waals surface area contributed by atoms with Crippen LogP contribution in [-0.2, 0) is 4.79 Å². The van der Waals surface area contributed by atoms with Crippen molar-refractivity contribution in [2.75, 3.05) is 6.54 Å². The van der Waals surface area contributed by atoms with Gasteiger partial charge in [0.25, 0.3) is 0 Å². The van der Waals surface area contributed by atoms with E-state index >= 15 is 0 Å². The third kappa shape index (κ3) is 5.79. The lowest BCUT2D eigenvalue weighted by molar-refractivity contribution is -0.137. The molecule has 0 aliphatic rings. The van der Waals surface area contributed by atoms with Gasteiger partial charge in [-0.2, -0.15) is 0 Å². The third-order valence-electron chi connectivity index (χ3n) is 2.53. The SMILES string of the molecule is Cc1cnc(C(C)NCCCCCC(=O)O)s1. The quantitative estimate of drug-likeness (QED) is 0.702. The zero-order valence-corrected chi connectivity index (χ0v) is 11.2. The average molecular weight is 256 g/mol. The van der Waals surface area contributed by atoms with Crippen molar-refractivity contribution in [2.24, 2.45) is 0 Å². The summed E-state index contributed by atoms with van der Waals surface area (Å²) in [6, 6.07) is 0.285. The standard InChI is InChI=1S/C12H20N2O2S/c1-9-8-14-12(17-9)10(2)13-7-5-3-4-6-11(15)16/h8,10,13H,3-7H2,1-2H3,(H,15,16). The second kappa shape index (κ2) is 7.40. The lowest BCUT2D eigenvalue weighted by Crippen LogP contribution is -2.19. The van der Waals surface area contributed by atoms with Crippen LogP contribution in [0.3, 0.4) is 0 Å². The molecule has 0 aromatic carbocycles. The number of nitrogens with one attached hydrogen (secondary N) is 1. The predicted octanol–water partition coefficient (Wildman–Crippen LogP) is 2.75. The Morgan fingerprint density at radius 2 is 2.29 bits per heavy atom. The summed E-state index contributed by atoms with van der Waals surface area (Å²) < 4.78 is 0. The number of hydrogen-bond acceptors (Lipinski definition) is 4. The second-order valence-electron chi connectivity index (χ2n) is 4.19. The highest BCUT2D eigenvalue weighted by Crippen LogP contribution is 2.18. The summed E-state index contributed by atoms with van der Waals surface area (Å²) in [6.07, 6.45) is 4.92. The smallest absolute Gasteiger partial charge is 0.303 e.